The Morgan fingerprint density at radius 3 is 2.59 bits per heavy atom. The number of carbonyl (C=O) groups is 2. The highest BCUT2D eigenvalue weighted by Gasteiger charge is 2.45. The van der Waals surface area contributed by atoms with E-state index in [1.54, 1.807) is 4.90 Å². The maximum absolute atomic E-state index is 13.6. The van der Waals surface area contributed by atoms with Gasteiger partial charge in [-0.3, -0.25) is 14.5 Å². The van der Waals surface area contributed by atoms with E-state index in [2.05, 4.69) is 10.0 Å². The van der Waals surface area contributed by atoms with Crippen LogP contribution in [0.15, 0.2) is 18.2 Å². The molecule has 160 valence electrons. The van der Waals surface area contributed by atoms with Crippen LogP contribution in [-0.4, -0.2) is 74.0 Å². The van der Waals surface area contributed by atoms with E-state index in [9.17, 15) is 26.8 Å². The minimum Gasteiger partial charge on any atom is -0.354 e. The zero-order valence-corrected chi connectivity index (χ0v) is 17.0. The Morgan fingerprint density at radius 2 is 1.97 bits per heavy atom. The second-order valence-electron chi connectivity index (χ2n) is 7.60. The predicted molar refractivity (Wildman–Crippen MR) is 101 cm³/mol. The molecule has 2 saturated heterocycles. The fourth-order valence-electron chi connectivity index (χ4n) is 4.00. The van der Waals surface area contributed by atoms with Crippen molar-refractivity contribution >= 4 is 21.8 Å². The first-order chi connectivity index (χ1) is 13.5. The van der Waals surface area contributed by atoms with Gasteiger partial charge in [-0.25, -0.2) is 21.9 Å². The van der Waals surface area contributed by atoms with Gasteiger partial charge in [-0.05, 0) is 24.1 Å². The standard InChI is InChI=1S/C18H24F2N4O4S/c1-11(25)21-7-17-18(26)24-9-13(22-29(2,27)28)6-14(24)10-23(17)8-12-3-4-15(19)16(20)5-12/h3-5,13-14,17,22H,6-10H2,1-2H3,(H,21,25)/t13-,14-,17-/m0/s1. The summed E-state index contributed by atoms with van der Waals surface area (Å²) in [7, 11) is -3.41. The minimum atomic E-state index is -3.41. The zero-order valence-electron chi connectivity index (χ0n) is 16.2. The fraction of sp³-hybridized carbons (Fsp3) is 0.556. The lowest BCUT2D eigenvalue weighted by molar-refractivity contribution is -0.144. The van der Waals surface area contributed by atoms with Gasteiger partial charge in [0.05, 0.1) is 6.26 Å². The van der Waals surface area contributed by atoms with E-state index in [4.69, 9.17) is 0 Å². The molecule has 0 aliphatic carbocycles. The topological polar surface area (TPSA) is 98.8 Å². The molecule has 1 aromatic rings. The number of nitrogens with zero attached hydrogens (tertiary/aromatic N) is 2. The molecule has 8 nitrogen and oxygen atoms in total. The molecule has 2 amide bonds. The molecule has 2 heterocycles. The van der Waals surface area contributed by atoms with Gasteiger partial charge in [0.25, 0.3) is 0 Å². The zero-order chi connectivity index (χ0) is 21.3. The van der Waals surface area contributed by atoms with Crippen LogP contribution in [-0.2, 0) is 26.2 Å². The molecule has 1 aromatic carbocycles. The summed E-state index contributed by atoms with van der Waals surface area (Å²) in [6, 6.07) is 2.30. The van der Waals surface area contributed by atoms with Crippen LogP contribution in [0.3, 0.4) is 0 Å². The number of nitrogens with one attached hydrogen (secondary N) is 2. The lowest BCUT2D eigenvalue weighted by atomic mass is 10.0. The first kappa shape index (κ1) is 21.6. The average molecular weight is 430 g/mol. The monoisotopic (exact) mass is 430 g/mol. The molecule has 2 aliphatic rings. The van der Waals surface area contributed by atoms with Crippen LogP contribution in [0.2, 0.25) is 0 Å². The van der Waals surface area contributed by atoms with E-state index in [-0.39, 0.29) is 43.5 Å². The summed E-state index contributed by atoms with van der Waals surface area (Å²) in [5.74, 6) is -2.43. The maximum Gasteiger partial charge on any atom is 0.242 e. The summed E-state index contributed by atoms with van der Waals surface area (Å²) in [6.45, 7) is 2.30. The van der Waals surface area contributed by atoms with E-state index in [0.717, 1.165) is 18.4 Å². The van der Waals surface area contributed by atoms with E-state index in [0.29, 0.717) is 18.5 Å². The van der Waals surface area contributed by atoms with E-state index in [1.807, 2.05) is 4.90 Å². The second-order valence-corrected chi connectivity index (χ2v) is 9.38. The number of fused-ring (bicyclic) bond motifs is 1. The summed E-state index contributed by atoms with van der Waals surface area (Å²) < 4.78 is 52.4. The van der Waals surface area contributed by atoms with Crippen molar-refractivity contribution in [2.75, 3.05) is 25.9 Å². The number of benzene rings is 1. The number of piperazine rings is 1. The number of hydrogen-bond acceptors (Lipinski definition) is 5. The largest absolute Gasteiger partial charge is 0.354 e. The molecular weight excluding hydrogens is 406 g/mol. The quantitative estimate of drug-likeness (QED) is 0.652. The Morgan fingerprint density at radius 1 is 1.24 bits per heavy atom. The number of hydrogen-bond donors (Lipinski definition) is 2. The summed E-state index contributed by atoms with van der Waals surface area (Å²) >= 11 is 0. The van der Waals surface area contributed by atoms with Gasteiger partial charge in [0.2, 0.25) is 21.8 Å². The van der Waals surface area contributed by atoms with Crippen molar-refractivity contribution in [3.8, 4) is 0 Å². The van der Waals surface area contributed by atoms with Crippen LogP contribution in [0.1, 0.15) is 18.9 Å². The molecule has 3 atom stereocenters. The summed E-state index contributed by atoms with van der Waals surface area (Å²) in [6.07, 6.45) is 1.53. The van der Waals surface area contributed by atoms with Gasteiger partial charge in [-0.2, -0.15) is 0 Å². The van der Waals surface area contributed by atoms with Gasteiger partial charge in [0.1, 0.15) is 6.04 Å². The Labute approximate surface area is 168 Å². The SMILES string of the molecule is CC(=O)NC[C@H]1C(=O)N2C[C@@H](NS(C)(=O)=O)C[C@H]2CN1Cc1ccc(F)c(F)c1. The summed E-state index contributed by atoms with van der Waals surface area (Å²) in [4.78, 5) is 27.9. The summed E-state index contributed by atoms with van der Waals surface area (Å²) in [5.41, 5.74) is 0.502. The number of rotatable bonds is 6. The van der Waals surface area contributed by atoms with Crippen LogP contribution in [0.5, 0.6) is 0 Å². The fourth-order valence-corrected chi connectivity index (χ4v) is 4.77. The smallest absolute Gasteiger partial charge is 0.242 e. The normalized spacial score (nSPS) is 25.2. The molecule has 0 saturated carbocycles. The Kier molecular flexibility index (Phi) is 6.20. The van der Waals surface area contributed by atoms with Crippen molar-refractivity contribution in [3.63, 3.8) is 0 Å². The predicted octanol–water partition coefficient (Wildman–Crippen LogP) is -0.196. The number of carbonyl (C=O) groups excluding carboxylic acids is 2. The third-order valence-corrected chi connectivity index (χ3v) is 5.92. The first-order valence-corrected chi connectivity index (χ1v) is 11.1. The molecule has 11 heteroatoms. The summed E-state index contributed by atoms with van der Waals surface area (Å²) in [5, 5.41) is 2.64. The van der Waals surface area contributed by atoms with E-state index >= 15 is 0 Å². The van der Waals surface area contributed by atoms with Crippen LogP contribution < -0.4 is 10.0 Å². The van der Waals surface area contributed by atoms with E-state index in [1.165, 1.54) is 13.0 Å². The van der Waals surface area contributed by atoms with Crippen molar-refractivity contribution in [1.29, 1.82) is 0 Å². The number of halogens is 2. The highest BCUT2D eigenvalue weighted by molar-refractivity contribution is 7.88. The molecule has 2 aliphatic heterocycles. The van der Waals surface area contributed by atoms with Crippen LogP contribution in [0.4, 0.5) is 8.78 Å². The third kappa shape index (κ3) is 5.28. The highest BCUT2D eigenvalue weighted by Crippen LogP contribution is 2.28. The van der Waals surface area contributed by atoms with E-state index < -0.39 is 27.7 Å². The molecule has 0 unspecified atom stereocenters. The minimum absolute atomic E-state index is 0.0746. The van der Waals surface area contributed by atoms with Gasteiger partial charge in [-0.1, -0.05) is 6.07 Å². The maximum atomic E-state index is 13.6. The first-order valence-electron chi connectivity index (χ1n) is 9.23. The second kappa shape index (κ2) is 8.33. The van der Waals surface area contributed by atoms with Crippen molar-refractivity contribution in [1.82, 2.24) is 19.8 Å². The third-order valence-electron chi connectivity index (χ3n) is 5.16. The average Bonchev–Trinajstić information content (AvgIpc) is 2.98. The van der Waals surface area contributed by atoms with Crippen molar-refractivity contribution in [2.45, 2.75) is 38.0 Å². The molecule has 2 N–H and O–H groups in total. The molecule has 0 radical (unpaired) electrons. The Balaban J connectivity index is 1.80. The molecule has 0 bridgehead atoms. The molecule has 0 aromatic heterocycles. The van der Waals surface area contributed by atoms with Crippen molar-refractivity contribution in [2.24, 2.45) is 0 Å². The molecule has 3 rings (SSSR count). The van der Waals surface area contributed by atoms with Crippen molar-refractivity contribution in [3.05, 3.63) is 35.4 Å². The van der Waals surface area contributed by atoms with Gasteiger partial charge in [-0.15, -0.1) is 0 Å². The van der Waals surface area contributed by atoms with Crippen LogP contribution in [0.25, 0.3) is 0 Å². The van der Waals surface area contributed by atoms with Gasteiger partial charge >= 0.3 is 0 Å². The Hall–Kier alpha value is -2.11. The molecule has 29 heavy (non-hydrogen) atoms. The van der Waals surface area contributed by atoms with Crippen molar-refractivity contribution < 1.29 is 26.8 Å². The van der Waals surface area contributed by atoms with Crippen LogP contribution in [0, 0.1) is 11.6 Å². The molecule has 2 fully saturated rings. The Bertz CT molecular complexity index is 911. The molecule has 0 spiro atoms. The lowest BCUT2D eigenvalue weighted by Crippen LogP contribution is -2.62. The lowest BCUT2D eigenvalue weighted by Gasteiger charge is -2.42. The van der Waals surface area contributed by atoms with Gasteiger partial charge in [0.15, 0.2) is 11.6 Å². The van der Waals surface area contributed by atoms with Gasteiger partial charge in [0, 0.05) is 45.2 Å². The number of sulfonamides is 1. The molecular formula is C18H24F2N4O4S. The van der Waals surface area contributed by atoms with Gasteiger partial charge < -0.3 is 10.2 Å². The van der Waals surface area contributed by atoms with Crippen LogP contribution >= 0.6 is 0 Å². The highest BCUT2D eigenvalue weighted by atomic mass is 32.2. The number of amides is 2.